The highest BCUT2D eigenvalue weighted by molar-refractivity contribution is 5.39. The maximum Gasteiger partial charge on any atom is 0.161 e. The van der Waals surface area contributed by atoms with E-state index < -0.39 is 0 Å². The van der Waals surface area contributed by atoms with Gasteiger partial charge in [0.25, 0.3) is 0 Å². The minimum Gasteiger partial charge on any atom is -0.493 e. The number of aliphatic hydroxyl groups excluding tert-OH is 1. The molecule has 0 unspecified atom stereocenters. The van der Waals surface area contributed by atoms with E-state index in [1.54, 1.807) is 7.11 Å². The number of hydrogen-bond donors (Lipinski definition) is 2. The van der Waals surface area contributed by atoms with Crippen molar-refractivity contribution in [2.24, 2.45) is 0 Å². The second-order valence-corrected chi connectivity index (χ2v) is 3.09. The first-order valence-corrected chi connectivity index (χ1v) is 5.07. The third-order valence-corrected chi connectivity index (χ3v) is 1.98. The van der Waals surface area contributed by atoms with Gasteiger partial charge in [-0.05, 0) is 12.1 Å². The summed E-state index contributed by atoms with van der Waals surface area (Å²) in [7, 11) is 1.63. The number of methoxy groups -OCH3 is 1. The SMILES string of the molecule is COc1ccccc1OCC[NH2+]CCO. The molecule has 0 bridgehead atoms. The number of aliphatic hydroxyl groups is 1. The molecule has 0 aliphatic heterocycles. The van der Waals surface area contributed by atoms with Crippen molar-refractivity contribution in [1.82, 2.24) is 0 Å². The van der Waals surface area contributed by atoms with Gasteiger partial charge in [0.1, 0.15) is 13.2 Å². The van der Waals surface area contributed by atoms with Crippen LogP contribution in [0.5, 0.6) is 11.5 Å². The summed E-state index contributed by atoms with van der Waals surface area (Å²) in [4.78, 5) is 0. The first kappa shape index (κ1) is 11.8. The zero-order valence-corrected chi connectivity index (χ0v) is 8.98. The van der Waals surface area contributed by atoms with E-state index in [-0.39, 0.29) is 6.61 Å². The van der Waals surface area contributed by atoms with E-state index in [1.807, 2.05) is 29.6 Å². The van der Waals surface area contributed by atoms with Gasteiger partial charge in [-0.25, -0.2) is 0 Å². The van der Waals surface area contributed by atoms with E-state index in [0.29, 0.717) is 6.61 Å². The molecular formula is C11H18NO3+. The third-order valence-electron chi connectivity index (χ3n) is 1.98. The van der Waals surface area contributed by atoms with Crippen molar-refractivity contribution >= 4 is 0 Å². The Balaban J connectivity index is 2.30. The average molecular weight is 212 g/mol. The number of benzene rings is 1. The Morgan fingerprint density at radius 1 is 1.20 bits per heavy atom. The van der Waals surface area contributed by atoms with E-state index in [9.17, 15) is 0 Å². The summed E-state index contributed by atoms with van der Waals surface area (Å²) in [6, 6.07) is 7.57. The zero-order chi connectivity index (χ0) is 10.9. The Labute approximate surface area is 89.8 Å². The molecule has 3 N–H and O–H groups in total. The van der Waals surface area contributed by atoms with Crippen LogP contribution in [-0.2, 0) is 0 Å². The molecule has 0 heterocycles. The number of ether oxygens (including phenoxy) is 2. The minimum atomic E-state index is 0.203. The summed E-state index contributed by atoms with van der Waals surface area (Å²) in [6.45, 7) is 2.36. The monoisotopic (exact) mass is 212 g/mol. The summed E-state index contributed by atoms with van der Waals surface area (Å²) in [5, 5.41) is 10.6. The molecular weight excluding hydrogens is 194 g/mol. The standard InChI is InChI=1S/C11H17NO3/c1-14-10-4-2-3-5-11(10)15-9-7-12-6-8-13/h2-5,12-13H,6-9H2,1H3/p+1. The lowest BCUT2D eigenvalue weighted by atomic mass is 10.3. The lowest BCUT2D eigenvalue weighted by Crippen LogP contribution is -2.86. The van der Waals surface area contributed by atoms with Crippen molar-refractivity contribution in [3.8, 4) is 11.5 Å². The smallest absolute Gasteiger partial charge is 0.161 e. The predicted octanol–water partition coefficient (Wildman–Crippen LogP) is -0.370. The highest BCUT2D eigenvalue weighted by Gasteiger charge is 2.01. The molecule has 0 spiro atoms. The molecule has 0 aromatic heterocycles. The van der Waals surface area contributed by atoms with Crippen molar-refractivity contribution in [1.29, 1.82) is 0 Å². The Bertz CT molecular complexity index is 278. The fourth-order valence-electron chi connectivity index (χ4n) is 1.23. The first-order chi connectivity index (χ1) is 7.38. The first-order valence-electron chi connectivity index (χ1n) is 5.07. The van der Waals surface area contributed by atoms with Gasteiger partial charge in [-0.3, -0.25) is 0 Å². The molecule has 84 valence electrons. The molecule has 0 saturated carbocycles. The van der Waals surface area contributed by atoms with E-state index in [1.165, 1.54) is 0 Å². The summed E-state index contributed by atoms with van der Waals surface area (Å²) < 4.78 is 10.7. The van der Waals surface area contributed by atoms with Gasteiger partial charge in [-0.2, -0.15) is 0 Å². The molecule has 1 aromatic rings. The number of nitrogens with two attached hydrogens (primary N) is 1. The van der Waals surface area contributed by atoms with Crippen LogP contribution in [0.3, 0.4) is 0 Å². The van der Waals surface area contributed by atoms with Crippen LogP contribution < -0.4 is 14.8 Å². The molecule has 0 aliphatic carbocycles. The molecule has 1 rings (SSSR count). The van der Waals surface area contributed by atoms with Gasteiger partial charge in [0.15, 0.2) is 11.5 Å². The van der Waals surface area contributed by atoms with Crippen LogP contribution in [0.15, 0.2) is 24.3 Å². The molecule has 0 atom stereocenters. The number of quaternary nitrogens is 1. The molecule has 0 amide bonds. The molecule has 4 nitrogen and oxygen atoms in total. The lowest BCUT2D eigenvalue weighted by molar-refractivity contribution is -0.656. The topological polar surface area (TPSA) is 55.3 Å². The molecule has 15 heavy (non-hydrogen) atoms. The zero-order valence-electron chi connectivity index (χ0n) is 8.98. The second-order valence-electron chi connectivity index (χ2n) is 3.09. The van der Waals surface area contributed by atoms with Crippen LogP contribution in [0.25, 0.3) is 0 Å². The summed E-state index contributed by atoms with van der Waals surface area (Å²) in [5.74, 6) is 1.51. The molecule has 0 fully saturated rings. The van der Waals surface area contributed by atoms with Gasteiger partial charge in [-0.1, -0.05) is 12.1 Å². The normalized spacial score (nSPS) is 10.0. The van der Waals surface area contributed by atoms with Crippen molar-refractivity contribution in [3.63, 3.8) is 0 Å². The molecule has 0 radical (unpaired) electrons. The molecule has 0 saturated heterocycles. The molecule has 0 aliphatic rings. The number of rotatable bonds is 7. The van der Waals surface area contributed by atoms with Crippen molar-refractivity contribution in [3.05, 3.63) is 24.3 Å². The van der Waals surface area contributed by atoms with Crippen molar-refractivity contribution in [2.45, 2.75) is 0 Å². The maximum absolute atomic E-state index is 8.57. The summed E-state index contributed by atoms with van der Waals surface area (Å²) in [6.07, 6.45) is 0. The largest absolute Gasteiger partial charge is 0.493 e. The predicted molar refractivity (Wildman–Crippen MR) is 57.2 cm³/mol. The van der Waals surface area contributed by atoms with E-state index in [2.05, 4.69) is 0 Å². The Morgan fingerprint density at radius 3 is 2.60 bits per heavy atom. The van der Waals surface area contributed by atoms with Crippen LogP contribution in [-0.4, -0.2) is 38.5 Å². The fraction of sp³-hybridized carbons (Fsp3) is 0.455. The molecule has 4 heteroatoms. The maximum atomic E-state index is 8.57. The quantitative estimate of drug-likeness (QED) is 0.606. The van der Waals surface area contributed by atoms with Crippen LogP contribution in [0.2, 0.25) is 0 Å². The van der Waals surface area contributed by atoms with Gasteiger partial charge >= 0.3 is 0 Å². The van der Waals surface area contributed by atoms with E-state index >= 15 is 0 Å². The van der Waals surface area contributed by atoms with Gasteiger partial charge in [0.2, 0.25) is 0 Å². The Kier molecular flexibility index (Phi) is 5.58. The van der Waals surface area contributed by atoms with Gasteiger partial charge in [-0.15, -0.1) is 0 Å². The highest BCUT2D eigenvalue weighted by Crippen LogP contribution is 2.25. The van der Waals surface area contributed by atoms with Gasteiger partial charge in [0.05, 0.1) is 20.3 Å². The fourth-order valence-corrected chi connectivity index (χ4v) is 1.23. The second kappa shape index (κ2) is 7.09. The number of hydrogen-bond acceptors (Lipinski definition) is 3. The van der Waals surface area contributed by atoms with Crippen LogP contribution in [0, 0.1) is 0 Å². The lowest BCUT2D eigenvalue weighted by Gasteiger charge is -2.09. The Morgan fingerprint density at radius 2 is 1.93 bits per heavy atom. The van der Waals surface area contributed by atoms with Crippen LogP contribution in [0.1, 0.15) is 0 Å². The van der Waals surface area contributed by atoms with Crippen molar-refractivity contribution in [2.75, 3.05) is 33.4 Å². The van der Waals surface area contributed by atoms with Gasteiger partial charge < -0.3 is 19.9 Å². The summed E-state index contributed by atoms with van der Waals surface area (Å²) >= 11 is 0. The van der Waals surface area contributed by atoms with Crippen LogP contribution >= 0.6 is 0 Å². The average Bonchev–Trinajstić information content (AvgIpc) is 2.29. The minimum absolute atomic E-state index is 0.203. The third kappa shape index (κ3) is 4.18. The van der Waals surface area contributed by atoms with E-state index in [0.717, 1.165) is 24.6 Å². The van der Waals surface area contributed by atoms with Crippen molar-refractivity contribution < 1.29 is 19.9 Å². The highest BCUT2D eigenvalue weighted by atomic mass is 16.5. The Hall–Kier alpha value is -1.26. The van der Waals surface area contributed by atoms with Gasteiger partial charge in [0, 0.05) is 0 Å². The molecule has 1 aromatic carbocycles. The summed E-state index contributed by atoms with van der Waals surface area (Å²) in [5.41, 5.74) is 0. The van der Waals surface area contributed by atoms with Crippen LogP contribution in [0.4, 0.5) is 0 Å². The number of para-hydroxylation sites is 2. The van der Waals surface area contributed by atoms with E-state index in [4.69, 9.17) is 14.6 Å².